The molecule has 2 aromatic carbocycles. The van der Waals surface area contributed by atoms with Gasteiger partial charge in [-0.2, -0.15) is 0 Å². The van der Waals surface area contributed by atoms with Crippen LogP contribution in [0.2, 0.25) is 6.32 Å². The van der Waals surface area contributed by atoms with Crippen LogP contribution in [0.4, 0.5) is 0 Å². The number of hydrogen-bond donors (Lipinski definition) is 1. The Morgan fingerprint density at radius 1 is 1.00 bits per heavy atom. The van der Waals surface area contributed by atoms with Crippen LogP contribution < -0.4 is 5.23 Å². The maximum Gasteiger partial charge on any atom is 0.380 e. The topological polar surface area (TPSA) is 21.3 Å². The van der Waals surface area contributed by atoms with Crippen molar-refractivity contribution >= 4 is 7.05 Å². The Bertz CT molecular complexity index is 547. The van der Waals surface area contributed by atoms with Crippen LogP contribution in [0.5, 0.6) is 0 Å². The van der Waals surface area contributed by atoms with Crippen molar-refractivity contribution in [3.8, 4) is 0 Å². The molecule has 114 valence electrons. The summed E-state index contributed by atoms with van der Waals surface area (Å²) in [7, 11) is 0.121. The minimum atomic E-state index is -0.402. The lowest BCUT2D eigenvalue weighted by molar-refractivity contribution is 0.118. The van der Waals surface area contributed by atoms with E-state index < -0.39 is 5.60 Å². The van der Waals surface area contributed by atoms with Crippen LogP contribution in [0, 0.1) is 0 Å². The van der Waals surface area contributed by atoms with Crippen molar-refractivity contribution in [2.75, 3.05) is 0 Å². The third kappa shape index (κ3) is 2.71. The van der Waals surface area contributed by atoms with Crippen molar-refractivity contribution in [1.82, 2.24) is 5.23 Å². The van der Waals surface area contributed by atoms with Crippen molar-refractivity contribution in [1.29, 1.82) is 0 Å². The Morgan fingerprint density at radius 3 is 2.05 bits per heavy atom. The van der Waals surface area contributed by atoms with Gasteiger partial charge in [-0.3, -0.25) is 0 Å². The SMILES string of the molecule is CCCCB1N[C@@H](C)C(c2ccccc2)(c2ccccc2)O1. The summed E-state index contributed by atoms with van der Waals surface area (Å²) < 4.78 is 6.62. The van der Waals surface area contributed by atoms with Crippen LogP contribution in [-0.2, 0) is 10.3 Å². The molecule has 0 amide bonds. The predicted octanol–water partition coefficient (Wildman–Crippen LogP) is 4.23. The van der Waals surface area contributed by atoms with Gasteiger partial charge in [0, 0.05) is 6.04 Å². The van der Waals surface area contributed by atoms with Crippen LogP contribution in [0.25, 0.3) is 0 Å². The van der Waals surface area contributed by atoms with E-state index in [0.717, 1.165) is 6.32 Å². The monoisotopic (exact) mass is 293 g/mol. The molecule has 3 heteroatoms. The van der Waals surface area contributed by atoms with E-state index in [1.807, 2.05) is 0 Å². The number of nitrogens with one attached hydrogen (secondary N) is 1. The Labute approximate surface area is 134 Å². The second kappa shape index (κ2) is 6.68. The standard InChI is InChI=1S/C19H24BNO/c1-3-4-15-20-21-16(2)19(22-20,17-11-7-5-8-12-17)18-13-9-6-10-14-18/h5-14,16,21H,3-4,15H2,1-2H3/t16-/m0/s1. The van der Waals surface area contributed by atoms with Gasteiger partial charge in [0.25, 0.3) is 0 Å². The summed E-state index contributed by atoms with van der Waals surface area (Å²) in [6.45, 7) is 4.45. The zero-order chi connectivity index (χ0) is 15.4. The van der Waals surface area contributed by atoms with E-state index in [4.69, 9.17) is 4.65 Å². The maximum absolute atomic E-state index is 6.62. The van der Waals surface area contributed by atoms with Gasteiger partial charge in [-0.1, -0.05) is 80.4 Å². The third-order valence-electron chi connectivity index (χ3n) is 4.60. The zero-order valence-electron chi connectivity index (χ0n) is 13.5. The minimum absolute atomic E-state index is 0.121. The molecule has 1 N–H and O–H groups in total. The molecular formula is C19H24BNO. The highest BCUT2D eigenvalue weighted by molar-refractivity contribution is 6.50. The molecule has 0 bridgehead atoms. The van der Waals surface area contributed by atoms with Crippen molar-refractivity contribution in [3.05, 3.63) is 71.8 Å². The normalized spacial score (nSPS) is 20.3. The van der Waals surface area contributed by atoms with Crippen molar-refractivity contribution in [2.45, 2.75) is 44.7 Å². The molecule has 0 saturated carbocycles. The molecule has 0 radical (unpaired) electrons. The maximum atomic E-state index is 6.62. The summed E-state index contributed by atoms with van der Waals surface area (Å²) in [6.07, 6.45) is 3.44. The molecule has 0 spiro atoms. The summed E-state index contributed by atoms with van der Waals surface area (Å²) in [5.74, 6) is 0. The lowest BCUT2D eigenvalue weighted by Gasteiger charge is -2.34. The summed E-state index contributed by atoms with van der Waals surface area (Å²) in [5, 5.41) is 3.65. The van der Waals surface area contributed by atoms with E-state index in [1.54, 1.807) is 0 Å². The summed E-state index contributed by atoms with van der Waals surface area (Å²) in [6, 6.07) is 21.4. The van der Waals surface area contributed by atoms with Gasteiger partial charge in [0.15, 0.2) is 0 Å². The summed E-state index contributed by atoms with van der Waals surface area (Å²) >= 11 is 0. The Hall–Kier alpha value is -1.58. The third-order valence-corrected chi connectivity index (χ3v) is 4.60. The Kier molecular flexibility index (Phi) is 4.65. The number of hydrogen-bond acceptors (Lipinski definition) is 2. The molecule has 1 aliphatic heterocycles. The van der Waals surface area contributed by atoms with Crippen LogP contribution >= 0.6 is 0 Å². The average molecular weight is 293 g/mol. The molecule has 22 heavy (non-hydrogen) atoms. The van der Waals surface area contributed by atoms with E-state index in [1.165, 1.54) is 24.0 Å². The summed E-state index contributed by atoms with van der Waals surface area (Å²) in [4.78, 5) is 0. The molecule has 2 nitrogen and oxygen atoms in total. The van der Waals surface area contributed by atoms with Gasteiger partial charge in [0.2, 0.25) is 0 Å². The van der Waals surface area contributed by atoms with Gasteiger partial charge < -0.3 is 9.88 Å². The number of benzene rings is 2. The second-order valence-corrected chi connectivity index (χ2v) is 6.10. The van der Waals surface area contributed by atoms with Gasteiger partial charge in [-0.25, -0.2) is 0 Å². The van der Waals surface area contributed by atoms with Crippen LogP contribution in [0.1, 0.15) is 37.8 Å². The van der Waals surface area contributed by atoms with E-state index in [0.29, 0.717) is 0 Å². The van der Waals surface area contributed by atoms with Crippen molar-refractivity contribution < 1.29 is 4.65 Å². The lowest BCUT2D eigenvalue weighted by Crippen LogP contribution is -2.40. The first kappa shape index (κ1) is 15.3. The van der Waals surface area contributed by atoms with Crippen LogP contribution in [-0.4, -0.2) is 13.1 Å². The van der Waals surface area contributed by atoms with E-state index in [9.17, 15) is 0 Å². The number of unbranched alkanes of at least 4 members (excludes halogenated alkanes) is 1. The first-order valence-electron chi connectivity index (χ1n) is 8.32. The first-order valence-corrected chi connectivity index (χ1v) is 8.32. The fourth-order valence-electron chi connectivity index (χ4n) is 3.46. The quantitative estimate of drug-likeness (QED) is 0.833. The van der Waals surface area contributed by atoms with Crippen LogP contribution in [0.3, 0.4) is 0 Å². The lowest BCUT2D eigenvalue weighted by atomic mass is 9.77. The molecule has 2 aromatic rings. The van der Waals surface area contributed by atoms with Gasteiger partial charge in [0.1, 0.15) is 5.60 Å². The fraction of sp³-hybridized carbons (Fsp3) is 0.368. The Balaban J connectivity index is 2.02. The highest BCUT2D eigenvalue weighted by Gasteiger charge is 2.49. The van der Waals surface area contributed by atoms with Crippen molar-refractivity contribution in [3.63, 3.8) is 0 Å². The highest BCUT2D eigenvalue weighted by Crippen LogP contribution is 2.41. The predicted molar refractivity (Wildman–Crippen MR) is 92.8 cm³/mol. The van der Waals surface area contributed by atoms with E-state index in [2.05, 4.69) is 79.7 Å². The van der Waals surface area contributed by atoms with Gasteiger partial charge in [-0.05, 0) is 24.4 Å². The zero-order valence-corrected chi connectivity index (χ0v) is 13.5. The van der Waals surface area contributed by atoms with Crippen molar-refractivity contribution in [2.24, 2.45) is 0 Å². The minimum Gasteiger partial charge on any atom is -0.406 e. The molecule has 0 aromatic heterocycles. The molecule has 0 unspecified atom stereocenters. The molecule has 1 atom stereocenters. The summed E-state index contributed by atoms with van der Waals surface area (Å²) in [5.41, 5.74) is 2.04. The van der Waals surface area contributed by atoms with Gasteiger partial charge in [0.05, 0.1) is 0 Å². The largest absolute Gasteiger partial charge is 0.406 e. The molecular weight excluding hydrogens is 269 g/mol. The smallest absolute Gasteiger partial charge is 0.380 e. The Morgan fingerprint density at radius 2 is 1.55 bits per heavy atom. The fourth-order valence-corrected chi connectivity index (χ4v) is 3.46. The van der Waals surface area contributed by atoms with Crippen LogP contribution in [0.15, 0.2) is 60.7 Å². The van der Waals surface area contributed by atoms with E-state index in [-0.39, 0.29) is 13.1 Å². The molecule has 1 saturated heterocycles. The van der Waals surface area contributed by atoms with Gasteiger partial charge >= 0.3 is 7.05 Å². The number of rotatable bonds is 5. The van der Waals surface area contributed by atoms with Gasteiger partial charge in [-0.15, -0.1) is 0 Å². The second-order valence-electron chi connectivity index (χ2n) is 6.10. The molecule has 0 aliphatic carbocycles. The first-order chi connectivity index (χ1) is 10.8. The molecule has 1 fully saturated rings. The average Bonchev–Trinajstić information content (AvgIpc) is 2.92. The van der Waals surface area contributed by atoms with E-state index >= 15 is 0 Å². The highest BCUT2D eigenvalue weighted by atomic mass is 16.5. The molecule has 1 heterocycles. The molecule has 3 rings (SSSR count). The molecule has 1 aliphatic rings.